The fourth-order valence-corrected chi connectivity index (χ4v) is 4.86. The lowest BCUT2D eigenvalue weighted by molar-refractivity contribution is 0.0318. The Morgan fingerprint density at radius 2 is 1.29 bits per heavy atom. The first kappa shape index (κ1) is 21.2. The lowest BCUT2D eigenvalue weighted by atomic mass is 9.81. The topological polar surface area (TPSA) is 29.5 Å². The first-order valence-electron chi connectivity index (χ1n) is 11.3. The van der Waals surface area contributed by atoms with E-state index in [0.717, 1.165) is 31.2 Å². The fourth-order valence-electron chi connectivity index (χ4n) is 4.86. The monoisotopic (exact) mass is 413 g/mol. The number of hydrogen-bond donors (Lipinski definition) is 0. The van der Waals surface area contributed by atoms with Crippen LogP contribution in [0.1, 0.15) is 36.5 Å². The number of ether oxygens (including phenoxy) is 1. The number of rotatable bonds is 6. The first-order chi connectivity index (χ1) is 15.2. The van der Waals surface area contributed by atoms with E-state index < -0.39 is 0 Å². The van der Waals surface area contributed by atoms with Gasteiger partial charge in [0.25, 0.3) is 0 Å². The van der Waals surface area contributed by atoms with Gasteiger partial charge in [0.05, 0.1) is 0 Å². The maximum Gasteiger partial charge on any atom is 0.410 e. The molecule has 3 aromatic carbocycles. The number of piperidine rings is 1. The van der Waals surface area contributed by atoms with Crippen molar-refractivity contribution in [2.45, 2.75) is 51.3 Å². The Balaban J connectivity index is 1.48. The highest BCUT2D eigenvalue weighted by Crippen LogP contribution is 2.32. The molecule has 1 fully saturated rings. The molecular formula is C28H31NO2. The van der Waals surface area contributed by atoms with E-state index >= 15 is 0 Å². The molecule has 1 amide bonds. The number of carbonyl (C=O) groups excluding carboxylic acids is 1. The van der Waals surface area contributed by atoms with Crippen LogP contribution in [0.2, 0.25) is 0 Å². The van der Waals surface area contributed by atoms with E-state index in [1.54, 1.807) is 0 Å². The van der Waals surface area contributed by atoms with Crippen LogP contribution in [0.4, 0.5) is 4.79 Å². The van der Waals surface area contributed by atoms with Gasteiger partial charge in [-0.2, -0.15) is 0 Å². The van der Waals surface area contributed by atoms with E-state index in [9.17, 15) is 4.79 Å². The molecule has 3 atom stereocenters. The Kier molecular flexibility index (Phi) is 7.03. The zero-order valence-electron chi connectivity index (χ0n) is 18.2. The zero-order chi connectivity index (χ0) is 21.5. The zero-order valence-corrected chi connectivity index (χ0v) is 18.2. The molecule has 31 heavy (non-hydrogen) atoms. The molecule has 0 saturated carbocycles. The highest BCUT2D eigenvalue weighted by Gasteiger charge is 2.37. The van der Waals surface area contributed by atoms with Gasteiger partial charge in [-0.1, -0.05) is 91.0 Å². The highest BCUT2D eigenvalue weighted by atomic mass is 16.6. The van der Waals surface area contributed by atoms with Gasteiger partial charge in [-0.05, 0) is 55.2 Å². The molecular weight excluding hydrogens is 382 g/mol. The molecule has 3 nitrogen and oxygen atoms in total. The van der Waals surface area contributed by atoms with Crippen LogP contribution in [0.15, 0.2) is 91.0 Å². The molecule has 0 aromatic heterocycles. The molecule has 3 heteroatoms. The minimum atomic E-state index is -0.199. The van der Waals surface area contributed by atoms with Crippen LogP contribution in [0.25, 0.3) is 0 Å². The third kappa shape index (κ3) is 5.75. The van der Waals surface area contributed by atoms with E-state index in [4.69, 9.17) is 4.74 Å². The summed E-state index contributed by atoms with van der Waals surface area (Å²) in [6, 6.07) is 31.4. The van der Waals surface area contributed by atoms with Gasteiger partial charge in [-0.3, -0.25) is 0 Å². The van der Waals surface area contributed by atoms with Gasteiger partial charge in [0.2, 0.25) is 0 Å². The van der Waals surface area contributed by atoms with E-state index in [0.29, 0.717) is 12.5 Å². The van der Waals surface area contributed by atoms with Gasteiger partial charge < -0.3 is 9.64 Å². The Hall–Kier alpha value is -3.07. The van der Waals surface area contributed by atoms with Crippen LogP contribution < -0.4 is 0 Å². The molecule has 0 N–H and O–H groups in total. The molecule has 1 aliphatic heterocycles. The van der Waals surface area contributed by atoms with Gasteiger partial charge in [-0.25, -0.2) is 4.79 Å². The minimum Gasteiger partial charge on any atom is -0.445 e. The van der Waals surface area contributed by atoms with Crippen molar-refractivity contribution in [3.63, 3.8) is 0 Å². The normalized spacial score (nSPS) is 20.9. The standard InChI is InChI=1S/C28H31NO2/c1-22-17-26(18-23-11-5-2-6-12-23)20-27(19-24-13-7-3-8-14-24)29(22)28(30)31-21-25-15-9-4-10-16-25/h2-16,22,26-27H,17-21H2,1H3/t22?,26-,27+/m1/s1. The summed E-state index contributed by atoms with van der Waals surface area (Å²) in [6.45, 7) is 2.48. The number of likely N-dealkylation sites (tertiary alicyclic amines) is 1. The lowest BCUT2D eigenvalue weighted by Crippen LogP contribution is -2.52. The molecule has 0 aliphatic carbocycles. The van der Waals surface area contributed by atoms with E-state index in [2.05, 4.69) is 61.5 Å². The van der Waals surface area contributed by atoms with Crippen molar-refractivity contribution < 1.29 is 9.53 Å². The summed E-state index contributed by atoms with van der Waals surface area (Å²) in [5, 5.41) is 0. The largest absolute Gasteiger partial charge is 0.445 e. The van der Waals surface area contributed by atoms with Crippen LogP contribution in [-0.2, 0) is 24.2 Å². The minimum absolute atomic E-state index is 0.142. The quantitative estimate of drug-likeness (QED) is 0.476. The van der Waals surface area contributed by atoms with Gasteiger partial charge in [-0.15, -0.1) is 0 Å². The van der Waals surface area contributed by atoms with Crippen molar-refractivity contribution >= 4 is 6.09 Å². The molecule has 3 aromatic rings. The molecule has 0 bridgehead atoms. The average Bonchev–Trinajstić information content (AvgIpc) is 2.79. The summed E-state index contributed by atoms with van der Waals surface area (Å²) in [5.41, 5.74) is 3.65. The van der Waals surface area contributed by atoms with Crippen molar-refractivity contribution in [2.24, 2.45) is 5.92 Å². The van der Waals surface area contributed by atoms with Gasteiger partial charge in [0.15, 0.2) is 0 Å². The third-order valence-corrected chi connectivity index (χ3v) is 6.25. The Labute approximate surface area is 185 Å². The Morgan fingerprint density at radius 3 is 1.87 bits per heavy atom. The second-order valence-corrected chi connectivity index (χ2v) is 8.67. The average molecular weight is 414 g/mol. The molecule has 160 valence electrons. The summed E-state index contributed by atoms with van der Waals surface area (Å²) in [5.74, 6) is 0.560. The van der Waals surface area contributed by atoms with Crippen molar-refractivity contribution in [3.05, 3.63) is 108 Å². The predicted octanol–water partition coefficient (Wildman–Crippen LogP) is 6.28. The third-order valence-electron chi connectivity index (χ3n) is 6.25. The Bertz CT molecular complexity index is 943. The predicted molar refractivity (Wildman–Crippen MR) is 125 cm³/mol. The molecule has 4 rings (SSSR count). The van der Waals surface area contributed by atoms with Gasteiger partial charge in [0, 0.05) is 12.1 Å². The summed E-state index contributed by atoms with van der Waals surface area (Å²) < 4.78 is 5.75. The molecule has 0 spiro atoms. The summed E-state index contributed by atoms with van der Waals surface area (Å²) in [6.07, 6.45) is 3.71. The number of hydrogen-bond acceptors (Lipinski definition) is 2. The van der Waals surface area contributed by atoms with Crippen LogP contribution in [0.5, 0.6) is 0 Å². The molecule has 1 aliphatic rings. The van der Waals surface area contributed by atoms with Crippen molar-refractivity contribution in [3.8, 4) is 0 Å². The summed E-state index contributed by atoms with van der Waals surface area (Å²) >= 11 is 0. The van der Waals surface area contributed by atoms with Crippen molar-refractivity contribution in [1.82, 2.24) is 4.90 Å². The lowest BCUT2D eigenvalue weighted by Gasteiger charge is -2.43. The van der Waals surface area contributed by atoms with Crippen molar-refractivity contribution in [1.29, 1.82) is 0 Å². The SMILES string of the molecule is CC1C[C@H](Cc2ccccc2)C[C@H](Cc2ccccc2)N1C(=O)OCc1ccccc1. The second kappa shape index (κ2) is 10.3. The maximum atomic E-state index is 13.2. The van der Waals surface area contributed by atoms with Crippen molar-refractivity contribution in [2.75, 3.05) is 0 Å². The summed E-state index contributed by atoms with van der Waals surface area (Å²) in [4.78, 5) is 15.1. The van der Waals surface area contributed by atoms with Crippen LogP contribution in [0, 0.1) is 5.92 Å². The van der Waals surface area contributed by atoms with Gasteiger partial charge in [0.1, 0.15) is 6.61 Å². The van der Waals surface area contributed by atoms with Crippen LogP contribution >= 0.6 is 0 Å². The van der Waals surface area contributed by atoms with E-state index in [1.807, 2.05) is 41.3 Å². The fraction of sp³-hybridized carbons (Fsp3) is 0.321. The maximum absolute atomic E-state index is 13.2. The smallest absolute Gasteiger partial charge is 0.410 e. The van der Waals surface area contributed by atoms with E-state index in [1.165, 1.54) is 11.1 Å². The number of benzene rings is 3. The molecule has 1 saturated heterocycles. The van der Waals surface area contributed by atoms with Crippen LogP contribution in [-0.4, -0.2) is 23.1 Å². The number of carbonyl (C=O) groups is 1. The first-order valence-corrected chi connectivity index (χ1v) is 11.3. The molecule has 0 radical (unpaired) electrons. The number of amides is 1. The molecule has 1 unspecified atom stereocenters. The van der Waals surface area contributed by atoms with Gasteiger partial charge >= 0.3 is 6.09 Å². The summed E-state index contributed by atoms with van der Waals surface area (Å²) in [7, 11) is 0. The molecule has 1 heterocycles. The highest BCUT2D eigenvalue weighted by molar-refractivity contribution is 5.68. The Morgan fingerprint density at radius 1 is 0.774 bits per heavy atom. The van der Waals surface area contributed by atoms with E-state index in [-0.39, 0.29) is 18.2 Å². The number of nitrogens with zero attached hydrogens (tertiary/aromatic N) is 1. The van der Waals surface area contributed by atoms with Crippen LogP contribution in [0.3, 0.4) is 0 Å². The second-order valence-electron chi connectivity index (χ2n) is 8.67.